The zero-order valence-corrected chi connectivity index (χ0v) is 8.32. The van der Waals surface area contributed by atoms with Gasteiger partial charge in [-0.3, -0.25) is 4.79 Å². The van der Waals surface area contributed by atoms with Gasteiger partial charge in [0.1, 0.15) is 12.2 Å². The van der Waals surface area contributed by atoms with Gasteiger partial charge in [-0.1, -0.05) is 19.8 Å². The Balaban J connectivity index is 2.31. The third-order valence-corrected chi connectivity index (χ3v) is 2.62. The Kier molecular flexibility index (Phi) is 3.72. The maximum atomic E-state index is 11.0. The lowest BCUT2D eigenvalue weighted by atomic mass is 10.00. The van der Waals surface area contributed by atoms with E-state index in [1.165, 1.54) is 0 Å². The van der Waals surface area contributed by atoms with Crippen LogP contribution in [0.2, 0.25) is 0 Å². The van der Waals surface area contributed by atoms with Crippen LogP contribution in [0.25, 0.3) is 0 Å². The number of esters is 1. The van der Waals surface area contributed by atoms with E-state index >= 15 is 0 Å². The Bertz CT molecular complexity index is 179. The molecule has 0 bridgehead atoms. The molecule has 1 aliphatic rings. The molecule has 3 nitrogen and oxygen atoms in total. The summed E-state index contributed by atoms with van der Waals surface area (Å²) in [4.78, 5) is 11.0. The first kappa shape index (κ1) is 10.5. The predicted octanol–water partition coefficient (Wildman–Crippen LogP) is 1.49. The highest BCUT2D eigenvalue weighted by atomic mass is 16.6. The van der Waals surface area contributed by atoms with Gasteiger partial charge in [0.2, 0.25) is 0 Å². The van der Waals surface area contributed by atoms with Gasteiger partial charge < -0.3 is 9.84 Å². The molecule has 3 heteroatoms. The summed E-state index contributed by atoms with van der Waals surface area (Å²) >= 11 is 0. The van der Waals surface area contributed by atoms with Gasteiger partial charge in [0.05, 0.1) is 5.92 Å². The quantitative estimate of drug-likeness (QED) is 0.534. The number of aliphatic hydroxyl groups is 1. The van der Waals surface area contributed by atoms with E-state index in [9.17, 15) is 9.90 Å². The molecule has 1 heterocycles. The van der Waals surface area contributed by atoms with Crippen LogP contribution < -0.4 is 0 Å². The van der Waals surface area contributed by atoms with Gasteiger partial charge >= 0.3 is 5.97 Å². The number of cyclic esters (lactones) is 1. The van der Waals surface area contributed by atoms with Gasteiger partial charge in [0, 0.05) is 0 Å². The highest BCUT2D eigenvalue weighted by Crippen LogP contribution is 2.25. The number of rotatable bonds is 4. The van der Waals surface area contributed by atoms with E-state index in [1.54, 1.807) is 6.92 Å². The molecule has 1 rings (SSSR count). The second-order valence-corrected chi connectivity index (χ2v) is 3.75. The third kappa shape index (κ3) is 2.44. The average Bonchev–Trinajstić information content (AvgIpc) is 2.34. The molecule has 0 aromatic heterocycles. The van der Waals surface area contributed by atoms with Crippen LogP contribution in [0.5, 0.6) is 0 Å². The first-order chi connectivity index (χ1) is 6.16. The molecule has 1 aliphatic heterocycles. The molecule has 1 saturated heterocycles. The van der Waals surface area contributed by atoms with Gasteiger partial charge in [0.15, 0.2) is 0 Å². The van der Waals surface area contributed by atoms with Crippen LogP contribution >= 0.6 is 0 Å². The molecule has 0 spiro atoms. The normalized spacial score (nSPS) is 33.5. The molecule has 0 radical (unpaired) electrons. The monoisotopic (exact) mass is 186 g/mol. The molecule has 0 aromatic carbocycles. The Hall–Kier alpha value is -0.570. The predicted molar refractivity (Wildman–Crippen MR) is 49.2 cm³/mol. The van der Waals surface area contributed by atoms with E-state index in [0.29, 0.717) is 0 Å². The molecule has 0 aliphatic carbocycles. The lowest BCUT2D eigenvalue weighted by Gasteiger charge is -2.13. The van der Waals surface area contributed by atoms with Gasteiger partial charge in [0.25, 0.3) is 0 Å². The van der Waals surface area contributed by atoms with Crippen molar-refractivity contribution < 1.29 is 14.6 Å². The van der Waals surface area contributed by atoms with Crippen LogP contribution in [0.1, 0.15) is 39.5 Å². The Morgan fingerprint density at radius 2 is 2.15 bits per heavy atom. The number of ether oxygens (including phenoxy) is 1. The number of hydrogen-bond donors (Lipinski definition) is 1. The Labute approximate surface area is 79.1 Å². The maximum absolute atomic E-state index is 11.0. The molecule has 3 atom stereocenters. The maximum Gasteiger partial charge on any atom is 0.311 e. The standard InChI is InChI=1S/C10H18O3/c1-3-4-5-6-8-9(11)7(2)10(12)13-8/h7-9,11H,3-6H2,1-2H3/t7-,8-,9-/m1/s1. The summed E-state index contributed by atoms with van der Waals surface area (Å²) < 4.78 is 5.04. The van der Waals surface area contributed by atoms with Crippen LogP contribution in [0, 0.1) is 5.92 Å². The fourth-order valence-corrected chi connectivity index (χ4v) is 1.61. The SMILES string of the molecule is CCCCC[C@H]1OC(=O)[C@H](C)[C@H]1O. The van der Waals surface area contributed by atoms with Crippen molar-refractivity contribution in [2.24, 2.45) is 5.92 Å². The van der Waals surface area contributed by atoms with Crippen molar-refractivity contribution >= 4 is 5.97 Å². The van der Waals surface area contributed by atoms with E-state index in [2.05, 4.69) is 6.92 Å². The number of aliphatic hydroxyl groups excluding tert-OH is 1. The van der Waals surface area contributed by atoms with Crippen molar-refractivity contribution in [2.45, 2.75) is 51.7 Å². The number of carbonyl (C=O) groups excluding carboxylic acids is 1. The number of carbonyl (C=O) groups is 1. The summed E-state index contributed by atoms with van der Waals surface area (Å²) in [6, 6.07) is 0. The average molecular weight is 186 g/mol. The minimum Gasteiger partial charge on any atom is -0.459 e. The first-order valence-corrected chi connectivity index (χ1v) is 5.05. The van der Waals surface area contributed by atoms with Crippen LogP contribution in [0.3, 0.4) is 0 Å². The van der Waals surface area contributed by atoms with Crippen molar-refractivity contribution in [3.63, 3.8) is 0 Å². The van der Waals surface area contributed by atoms with Crippen LogP contribution in [-0.4, -0.2) is 23.3 Å². The van der Waals surface area contributed by atoms with Crippen LogP contribution in [0.4, 0.5) is 0 Å². The summed E-state index contributed by atoms with van der Waals surface area (Å²) in [5, 5.41) is 9.58. The van der Waals surface area contributed by atoms with Crippen molar-refractivity contribution in [1.82, 2.24) is 0 Å². The summed E-state index contributed by atoms with van der Waals surface area (Å²) in [5.41, 5.74) is 0. The second-order valence-electron chi connectivity index (χ2n) is 3.75. The van der Waals surface area contributed by atoms with Gasteiger partial charge in [-0.2, -0.15) is 0 Å². The largest absolute Gasteiger partial charge is 0.459 e. The highest BCUT2D eigenvalue weighted by molar-refractivity contribution is 5.75. The van der Waals surface area contributed by atoms with E-state index in [-0.39, 0.29) is 18.0 Å². The summed E-state index contributed by atoms with van der Waals surface area (Å²) in [7, 11) is 0. The van der Waals surface area contributed by atoms with Crippen molar-refractivity contribution in [3.05, 3.63) is 0 Å². The van der Waals surface area contributed by atoms with E-state index in [0.717, 1.165) is 25.7 Å². The Morgan fingerprint density at radius 1 is 1.46 bits per heavy atom. The van der Waals surface area contributed by atoms with Crippen LogP contribution in [-0.2, 0) is 9.53 Å². The molecule has 0 amide bonds. The summed E-state index contributed by atoms with van der Waals surface area (Å²) in [6.45, 7) is 3.84. The minimum atomic E-state index is -0.593. The van der Waals surface area contributed by atoms with Crippen molar-refractivity contribution in [2.75, 3.05) is 0 Å². The van der Waals surface area contributed by atoms with E-state index in [1.807, 2.05) is 0 Å². The highest BCUT2D eigenvalue weighted by Gasteiger charge is 2.39. The molecule has 76 valence electrons. The summed E-state index contributed by atoms with van der Waals surface area (Å²) in [5.74, 6) is -0.597. The zero-order chi connectivity index (χ0) is 9.84. The fourth-order valence-electron chi connectivity index (χ4n) is 1.61. The molecule has 0 aromatic rings. The third-order valence-electron chi connectivity index (χ3n) is 2.62. The molecule has 1 N–H and O–H groups in total. The van der Waals surface area contributed by atoms with Crippen LogP contribution in [0.15, 0.2) is 0 Å². The van der Waals surface area contributed by atoms with Crippen molar-refractivity contribution in [1.29, 1.82) is 0 Å². The number of unbranched alkanes of at least 4 members (excludes halogenated alkanes) is 2. The molecule has 13 heavy (non-hydrogen) atoms. The van der Waals surface area contributed by atoms with E-state index in [4.69, 9.17) is 4.74 Å². The Morgan fingerprint density at radius 3 is 2.62 bits per heavy atom. The fraction of sp³-hybridized carbons (Fsp3) is 0.900. The smallest absolute Gasteiger partial charge is 0.311 e. The molecular formula is C10H18O3. The molecule has 1 fully saturated rings. The summed E-state index contributed by atoms with van der Waals surface area (Å²) in [6.07, 6.45) is 3.25. The second kappa shape index (κ2) is 4.61. The molecular weight excluding hydrogens is 168 g/mol. The number of hydrogen-bond acceptors (Lipinski definition) is 3. The topological polar surface area (TPSA) is 46.5 Å². The lowest BCUT2D eigenvalue weighted by molar-refractivity contribution is -0.144. The van der Waals surface area contributed by atoms with Gasteiger partial charge in [-0.15, -0.1) is 0 Å². The molecule has 0 unspecified atom stereocenters. The molecule has 0 saturated carbocycles. The van der Waals surface area contributed by atoms with E-state index < -0.39 is 6.10 Å². The minimum absolute atomic E-state index is 0.256. The zero-order valence-electron chi connectivity index (χ0n) is 8.32. The van der Waals surface area contributed by atoms with Crippen molar-refractivity contribution in [3.8, 4) is 0 Å². The first-order valence-electron chi connectivity index (χ1n) is 5.05. The van der Waals surface area contributed by atoms with Gasteiger partial charge in [-0.25, -0.2) is 0 Å². The van der Waals surface area contributed by atoms with Gasteiger partial charge in [-0.05, 0) is 19.8 Å². The lowest BCUT2D eigenvalue weighted by Crippen LogP contribution is -2.24.